The van der Waals surface area contributed by atoms with Crippen molar-refractivity contribution >= 4 is 18.2 Å². The summed E-state index contributed by atoms with van der Waals surface area (Å²) in [6, 6.07) is 0. The van der Waals surface area contributed by atoms with Gasteiger partial charge in [-0.05, 0) is 6.92 Å². The molecule has 0 rings (SSSR count). The van der Waals surface area contributed by atoms with Crippen molar-refractivity contribution in [1.82, 2.24) is 0 Å². The number of nitrogens with two attached hydrogens (primary N) is 1. The maximum Gasteiger partial charge on any atom is 0.300 e. The first-order valence-corrected chi connectivity index (χ1v) is 2.73. The summed E-state index contributed by atoms with van der Waals surface area (Å²) in [4.78, 5) is 27.0. The Morgan fingerprint density at radius 1 is 1.36 bits per heavy atom. The van der Waals surface area contributed by atoms with Gasteiger partial charge in [0.1, 0.15) is 6.29 Å². The smallest absolute Gasteiger partial charge is 0.300 e. The number of rotatable bonds is 0. The Morgan fingerprint density at radius 2 is 1.36 bits per heavy atom. The number of primary amides is 1. The molecule has 0 aromatic carbocycles. The number of amides is 1. The predicted molar refractivity (Wildman–Crippen MR) is 39.9 cm³/mol. The summed E-state index contributed by atoms with van der Waals surface area (Å²) in [6.07, 6.45) is 0.750. The van der Waals surface area contributed by atoms with Crippen LogP contribution in [0.5, 0.6) is 0 Å². The van der Waals surface area contributed by atoms with Gasteiger partial charge in [-0.15, -0.1) is 0 Å². The van der Waals surface area contributed by atoms with Crippen LogP contribution in [0.15, 0.2) is 0 Å². The van der Waals surface area contributed by atoms with Crippen LogP contribution < -0.4 is 5.73 Å². The molecule has 0 bridgehead atoms. The van der Waals surface area contributed by atoms with Gasteiger partial charge in [0.25, 0.3) is 5.97 Å². The molecule has 0 heterocycles. The van der Waals surface area contributed by atoms with E-state index >= 15 is 0 Å². The van der Waals surface area contributed by atoms with E-state index in [1.165, 1.54) is 13.8 Å². The summed E-state index contributed by atoms with van der Waals surface area (Å²) in [6.45, 7) is 3.83. The van der Waals surface area contributed by atoms with Crippen LogP contribution in [0.2, 0.25) is 0 Å². The molecule has 0 aliphatic rings. The van der Waals surface area contributed by atoms with Crippen LogP contribution in [-0.4, -0.2) is 23.3 Å². The summed E-state index contributed by atoms with van der Waals surface area (Å²) < 4.78 is 0. The van der Waals surface area contributed by atoms with E-state index in [4.69, 9.17) is 14.7 Å². The van der Waals surface area contributed by atoms with Gasteiger partial charge in [0.05, 0.1) is 0 Å². The number of carboxylic acid groups (broad SMARTS) is 1. The fraction of sp³-hybridized carbons (Fsp3) is 0.500. The van der Waals surface area contributed by atoms with E-state index in [9.17, 15) is 4.79 Å². The van der Waals surface area contributed by atoms with Gasteiger partial charge in [-0.1, -0.05) is 0 Å². The highest BCUT2D eigenvalue weighted by atomic mass is 16.4. The third-order valence-electron chi connectivity index (χ3n) is 0. The molecule has 0 fully saturated rings. The van der Waals surface area contributed by atoms with Crippen LogP contribution in [0.25, 0.3) is 0 Å². The number of aldehydes is 1. The van der Waals surface area contributed by atoms with Crippen LogP contribution in [0, 0.1) is 0 Å². The van der Waals surface area contributed by atoms with Gasteiger partial charge >= 0.3 is 0 Å². The third kappa shape index (κ3) is 195. The lowest BCUT2D eigenvalue weighted by Crippen LogP contribution is -2.01. The highest BCUT2D eigenvalue weighted by molar-refractivity contribution is 5.70. The van der Waals surface area contributed by atoms with Crippen LogP contribution >= 0.6 is 0 Å². The molecule has 0 radical (unpaired) electrons. The number of carbonyl (C=O) groups is 3. The van der Waals surface area contributed by atoms with Gasteiger partial charge in [-0.2, -0.15) is 0 Å². The SMILES string of the molecule is CC(=O)O.CC(N)=O.CC=O. The molecular weight excluding hydrogens is 150 g/mol. The van der Waals surface area contributed by atoms with E-state index in [1.54, 1.807) is 0 Å². The van der Waals surface area contributed by atoms with Crippen molar-refractivity contribution in [2.24, 2.45) is 5.73 Å². The van der Waals surface area contributed by atoms with E-state index < -0.39 is 5.97 Å². The molecule has 0 aromatic heterocycles. The summed E-state index contributed by atoms with van der Waals surface area (Å²) in [5, 5.41) is 7.42. The second kappa shape index (κ2) is 15.8. The van der Waals surface area contributed by atoms with Gasteiger partial charge in [0, 0.05) is 13.8 Å². The van der Waals surface area contributed by atoms with Crippen LogP contribution in [0.1, 0.15) is 20.8 Å². The fourth-order valence-electron chi connectivity index (χ4n) is 0. The molecule has 0 aliphatic heterocycles. The minimum Gasteiger partial charge on any atom is -0.481 e. The molecule has 0 atom stereocenters. The minimum atomic E-state index is -0.833. The van der Waals surface area contributed by atoms with Gasteiger partial charge in [0.2, 0.25) is 5.91 Å². The fourth-order valence-corrected chi connectivity index (χ4v) is 0. The summed E-state index contributed by atoms with van der Waals surface area (Å²) in [5.74, 6) is -1.17. The summed E-state index contributed by atoms with van der Waals surface area (Å²) >= 11 is 0. The topological polar surface area (TPSA) is 97.5 Å². The minimum absolute atomic E-state index is 0.333. The number of carbonyl (C=O) groups excluding carboxylic acids is 2. The molecule has 0 saturated heterocycles. The monoisotopic (exact) mass is 163 g/mol. The molecule has 0 saturated carbocycles. The summed E-state index contributed by atoms with van der Waals surface area (Å²) in [7, 11) is 0. The molecule has 5 nitrogen and oxygen atoms in total. The molecular formula is C6H13NO4. The molecule has 0 unspecified atom stereocenters. The van der Waals surface area contributed by atoms with Gasteiger partial charge in [-0.25, -0.2) is 0 Å². The first-order valence-electron chi connectivity index (χ1n) is 2.73. The zero-order valence-corrected chi connectivity index (χ0v) is 6.83. The molecule has 3 N–H and O–H groups in total. The van der Waals surface area contributed by atoms with E-state index in [1.807, 2.05) is 0 Å². The first-order chi connectivity index (χ1) is 4.88. The zero-order chi connectivity index (χ0) is 9.86. The Kier molecular flexibility index (Phi) is 23.5. The lowest BCUT2D eigenvalue weighted by molar-refractivity contribution is -0.134. The van der Waals surface area contributed by atoms with Crippen molar-refractivity contribution in [3.63, 3.8) is 0 Å². The van der Waals surface area contributed by atoms with E-state index in [-0.39, 0.29) is 5.91 Å². The van der Waals surface area contributed by atoms with E-state index in [0.717, 1.165) is 13.2 Å². The number of carboxylic acids is 1. The molecule has 0 spiro atoms. The molecule has 66 valence electrons. The second-order valence-electron chi connectivity index (χ2n) is 1.37. The number of hydrogen-bond donors (Lipinski definition) is 2. The summed E-state index contributed by atoms with van der Waals surface area (Å²) in [5.41, 5.74) is 4.47. The Balaban J connectivity index is -0.0000000886. The lowest BCUT2D eigenvalue weighted by atomic mass is 10.8. The van der Waals surface area contributed by atoms with Crippen molar-refractivity contribution in [1.29, 1.82) is 0 Å². The average Bonchev–Trinajstić information content (AvgIpc) is 1.60. The number of hydrogen-bond acceptors (Lipinski definition) is 3. The number of aliphatic carboxylic acids is 1. The van der Waals surface area contributed by atoms with Crippen molar-refractivity contribution in [2.75, 3.05) is 0 Å². The van der Waals surface area contributed by atoms with Gasteiger partial charge < -0.3 is 15.6 Å². The van der Waals surface area contributed by atoms with Crippen molar-refractivity contribution < 1.29 is 19.5 Å². The quantitative estimate of drug-likeness (QED) is 0.482. The van der Waals surface area contributed by atoms with E-state index in [2.05, 4.69) is 5.73 Å². The Morgan fingerprint density at radius 3 is 1.36 bits per heavy atom. The van der Waals surface area contributed by atoms with Crippen molar-refractivity contribution in [3.05, 3.63) is 0 Å². The maximum absolute atomic E-state index is 9.22. The van der Waals surface area contributed by atoms with Gasteiger partial charge in [0.15, 0.2) is 0 Å². The van der Waals surface area contributed by atoms with Crippen LogP contribution in [-0.2, 0) is 14.4 Å². The Labute approximate surface area is 65.2 Å². The maximum atomic E-state index is 9.22. The van der Waals surface area contributed by atoms with Crippen molar-refractivity contribution in [2.45, 2.75) is 20.8 Å². The highest BCUT2D eigenvalue weighted by Crippen LogP contribution is 1.42. The Bertz CT molecular complexity index is 102. The average molecular weight is 163 g/mol. The molecule has 5 heteroatoms. The molecule has 0 aromatic rings. The first kappa shape index (κ1) is 16.3. The molecule has 11 heavy (non-hydrogen) atoms. The largest absolute Gasteiger partial charge is 0.481 e. The highest BCUT2D eigenvalue weighted by Gasteiger charge is 1.65. The van der Waals surface area contributed by atoms with Crippen molar-refractivity contribution in [3.8, 4) is 0 Å². The predicted octanol–water partition coefficient (Wildman–Crippen LogP) is -0.212. The molecule has 0 aliphatic carbocycles. The van der Waals surface area contributed by atoms with E-state index in [0.29, 0.717) is 0 Å². The Hall–Kier alpha value is -1.39. The van der Waals surface area contributed by atoms with Gasteiger partial charge in [-0.3, -0.25) is 9.59 Å². The van der Waals surface area contributed by atoms with Crippen LogP contribution in [0.3, 0.4) is 0 Å². The normalized spacial score (nSPS) is 5.73. The third-order valence-corrected chi connectivity index (χ3v) is 0. The van der Waals surface area contributed by atoms with Crippen LogP contribution in [0.4, 0.5) is 0 Å². The lowest BCUT2D eigenvalue weighted by Gasteiger charge is -1.60. The molecule has 1 amide bonds. The standard InChI is InChI=1S/C2H5NO.C2H4O2.C2H4O/c2*1-2(3)4;1-2-3/h1H3,(H2,3,4);1H3,(H,3,4);2H,1H3. The zero-order valence-electron chi connectivity index (χ0n) is 6.83. The second-order valence-corrected chi connectivity index (χ2v) is 1.37.